The summed E-state index contributed by atoms with van der Waals surface area (Å²) in [7, 11) is 0. The zero-order valence-electron chi connectivity index (χ0n) is 15.9. The molecule has 0 radical (unpaired) electrons. The Morgan fingerprint density at radius 1 is 0.931 bits per heavy atom. The highest BCUT2D eigenvalue weighted by Gasteiger charge is 2.34. The predicted molar refractivity (Wildman–Crippen MR) is 112 cm³/mol. The van der Waals surface area contributed by atoms with E-state index >= 15 is 0 Å². The number of imidazole rings is 1. The van der Waals surface area contributed by atoms with Gasteiger partial charge >= 0.3 is 0 Å². The van der Waals surface area contributed by atoms with Crippen LogP contribution in [0.3, 0.4) is 0 Å². The third kappa shape index (κ3) is 2.77. The fourth-order valence-corrected chi connectivity index (χ4v) is 4.50. The van der Waals surface area contributed by atoms with E-state index < -0.39 is 0 Å². The van der Waals surface area contributed by atoms with Gasteiger partial charge in [-0.3, -0.25) is 14.5 Å². The average Bonchev–Trinajstić information content (AvgIpc) is 3.20. The molecule has 1 N–H and O–H groups in total. The fourth-order valence-electron chi connectivity index (χ4n) is 4.50. The van der Waals surface area contributed by atoms with Crippen LogP contribution >= 0.6 is 0 Å². The van der Waals surface area contributed by atoms with Gasteiger partial charge in [0.25, 0.3) is 0 Å². The number of aromatic nitrogens is 5. The Kier molecular flexibility index (Phi) is 3.80. The summed E-state index contributed by atoms with van der Waals surface area (Å²) in [6, 6.07) is 15.1. The van der Waals surface area contributed by atoms with Crippen molar-refractivity contribution < 1.29 is 0 Å². The number of nitrogens with zero attached hydrogens (tertiary/aromatic N) is 6. The molecule has 4 aromatic heterocycles. The number of hydrogen-bond donors (Lipinski definition) is 1. The SMILES string of the molecule is c1ccc(-c2nc3ccc(N4CC5CCC4CN5)nc3n2-c2ccncc2)nc1. The Bertz CT molecular complexity index is 1150. The van der Waals surface area contributed by atoms with Crippen LogP contribution in [-0.2, 0) is 0 Å². The van der Waals surface area contributed by atoms with Crippen molar-refractivity contribution in [3.8, 4) is 17.2 Å². The van der Waals surface area contributed by atoms with Crippen molar-refractivity contribution in [1.29, 1.82) is 0 Å². The monoisotopic (exact) mass is 383 g/mol. The molecule has 7 nitrogen and oxygen atoms in total. The third-order valence-electron chi connectivity index (χ3n) is 5.95. The van der Waals surface area contributed by atoms with Crippen LogP contribution in [-0.4, -0.2) is 49.7 Å². The van der Waals surface area contributed by atoms with Crippen molar-refractivity contribution in [2.45, 2.75) is 24.9 Å². The first-order valence-electron chi connectivity index (χ1n) is 10.1. The zero-order valence-corrected chi connectivity index (χ0v) is 15.9. The minimum atomic E-state index is 0.512. The van der Waals surface area contributed by atoms with Crippen LogP contribution in [0.4, 0.5) is 5.82 Å². The summed E-state index contributed by atoms with van der Waals surface area (Å²) in [4.78, 5) is 21.1. The molecule has 0 aromatic carbocycles. The smallest absolute Gasteiger partial charge is 0.167 e. The summed E-state index contributed by atoms with van der Waals surface area (Å²) in [5.74, 6) is 1.81. The second-order valence-corrected chi connectivity index (χ2v) is 7.69. The van der Waals surface area contributed by atoms with Crippen molar-refractivity contribution >= 4 is 17.0 Å². The summed E-state index contributed by atoms with van der Waals surface area (Å²) < 4.78 is 2.09. The van der Waals surface area contributed by atoms with Gasteiger partial charge < -0.3 is 10.2 Å². The standard InChI is InChI=1S/C22H21N7/c1-2-10-24-18(3-1)21-26-19-6-7-20(28-14-15-4-5-17(28)13-25-15)27-22(19)29(21)16-8-11-23-12-9-16/h1-3,6-12,15,17,25H,4-5,13-14H2. The molecule has 144 valence electrons. The fraction of sp³-hybridized carbons (Fsp3) is 0.273. The lowest BCUT2D eigenvalue weighted by molar-refractivity contribution is 0.289. The van der Waals surface area contributed by atoms with E-state index in [0.29, 0.717) is 12.1 Å². The largest absolute Gasteiger partial charge is 0.351 e. The highest BCUT2D eigenvalue weighted by molar-refractivity contribution is 5.81. The lowest BCUT2D eigenvalue weighted by atomic mass is 9.93. The highest BCUT2D eigenvalue weighted by Crippen LogP contribution is 2.31. The van der Waals surface area contributed by atoms with Gasteiger partial charge in [0.1, 0.15) is 17.0 Å². The van der Waals surface area contributed by atoms with E-state index in [4.69, 9.17) is 9.97 Å². The van der Waals surface area contributed by atoms with Crippen LogP contribution in [0.25, 0.3) is 28.4 Å². The van der Waals surface area contributed by atoms with Gasteiger partial charge in [-0.1, -0.05) is 6.07 Å². The Labute approximate surface area is 168 Å². The van der Waals surface area contributed by atoms with Gasteiger partial charge in [0.05, 0.1) is 5.69 Å². The molecule has 3 aliphatic heterocycles. The zero-order chi connectivity index (χ0) is 19.2. The highest BCUT2D eigenvalue weighted by atomic mass is 15.3. The number of rotatable bonds is 3. The van der Waals surface area contributed by atoms with Gasteiger partial charge in [-0.15, -0.1) is 0 Å². The Balaban J connectivity index is 1.54. The molecule has 4 aromatic rings. The number of fused-ring (bicyclic) bond motifs is 4. The molecule has 3 aliphatic rings. The van der Waals surface area contributed by atoms with E-state index in [1.807, 2.05) is 30.3 Å². The molecule has 3 fully saturated rings. The second-order valence-electron chi connectivity index (χ2n) is 7.69. The second kappa shape index (κ2) is 6.63. The van der Waals surface area contributed by atoms with Gasteiger partial charge in [0.2, 0.25) is 0 Å². The van der Waals surface area contributed by atoms with Crippen LogP contribution in [0.2, 0.25) is 0 Å². The number of hydrogen-bond acceptors (Lipinski definition) is 6. The third-order valence-corrected chi connectivity index (χ3v) is 5.95. The summed E-state index contributed by atoms with van der Waals surface area (Å²) in [6.07, 6.45) is 7.86. The summed E-state index contributed by atoms with van der Waals surface area (Å²) >= 11 is 0. The van der Waals surface area contributed by atoms with Crippen molar-refractivity contribution in [2.75, 3.05) is 18.0 Å². The molecule has 0 aliphatic carbocycles. The maximum atomic E-state index is 5.09. The Hall–Kier alpha value is -3.32. The minimum Gasteiger partial charge on any atom is -0.351 e. The molecular formula is C22H21N7. The van der Waals surface area contributed by atoms with Crippen LogP contribution in [0.15, 0.2) is 61.1 Å². The maximum Gasteiger partial charge on any atom is 0.167 e. The summed E-state index contributed by atoms with van der Waals surface area (Å²) in [6.45, 7) is 2.05. The molecule has 7 heteroatoms. The molecule has 2 unspecified atom stereocenters. The van der Waals surface area contributed by atoms with Crippen molar-refractivity contribution in [1.82, 2.24) is 29.8 Å². The quantitative estimate of drug-likeness (QED) is 0.587. The molecule has 0 spiro atoms. The summed E-state index contributed by atoms with van der Waals surface area (Å²) in [5.41, 5.74) is 3.52. The van der Waals surface area contributed by atoms with Crippen LogP contribution in [0.5, 0.6) is 0 Å². The van der Waals surface area contributed by atoms with E-state index in [-0.39, 0.29) is 0 Å². The predicted octanol–water partition coefficient (Wildman–Crippen LogP) is 2.82. The van der Waals surface area contributed by atoms with Gasteiger partial charge in [-0.2, -0.15) is 0 Å². The molecule has 3 saturated heterocycles. The first kappa shape index (κ1) is 16.6. The Morgan fingerprint density at radius 3 is 2.59 bits per heavy atom. The molecule has 7 rings (SSSR count). The molecule has 29 heavy (non-hydrogen) atoms. The van der Waals surface area contributed by atoms with E-state index in [2.05, 4.69) is 36.9 Å². The van der Waals surface area contributed by atoms with E-state index in [9.17, 15) is 0 Å². The van der Waals surface area contributed by atoms with E-state index in [0.717, 1.165) is 47.3 Å². The van der Waals surface area contributed by atoms with Gasteiger partial charge in [-0.05, 0) is 49.2 Å². The number of anilines is 1. The topological polar surface area (TPSA) is 71.8 Å². The minimum absolute atomic E-state index is 0.512. The Morgan fingerprint density at radius 2 is 1.86 bits per heavy atom. The number of nitrogens with one attached hydrogen (secondary N) is 1. The molecule has 0 saturated carbocycles. The van der Waals surface area contributed by atoms with Crippen molar-refractivity contribution in [3.63, 3.8) is 0 Å². The first-order chi connectivity index (χ1) is 14.4. The summed E-state index contributed by atoms with van der Waals surface area (Å²) in [5, 5.41) is 3.62. The van der Waals surface area contributed by atoms with E-state index in [1.54, 1.807) is 18.6 Å². The average molecular weight is 383 g/mol. The van der Waals surface area contributed by atoms with E-state index in [1.165, 1.54) is 12.8 Å². The maximum absolute atomic E-state index is 5.09. The van der Waals surface area contributed by atoms with Crippen LogP contribution in [0.1, 0.15) is 12.8 Å². The van der Waals surface area contributed by atoms with Crippen LogP contribution in [0, 0.1) is 0 Å². The number of pyridine rings is 3. The van der Waals surface area contributed by atoms with Gasteiger partial charge in [0, 0.05) is 43.8 Å². The molecule has 7 heterocycles. The number of piperazine rings is 1. The van der Waals surface area contributed by atoms with Crippen molar-refractivity contribution in [3.05, 3.63) is 61.1 Å². The van der Waals surface area contributed by atoms with Gasteiger partial charge in [0.15, 0.2) is 11.5 Å². The molecular weight excluding hydrogens is 362 g/mol. The molecule has 2 bridgehead atoms. The lowest BCUT2D eigenvalue weighted by Crippen LogP contribution is -2.61. The number of piperidine rings is 2. The molecule has 0 amide bonds. The lowest BCUT2D eigenvalue weighted by Gasteiger charge is -2.46. The van der Waals surface area contributed by atoms with Gasteiger partial charge in [-0.25, -0.2) is 9.97 Å². The first-order valence-corrected chi connectivity index (χ1v) is 10.1. The molecule has 2 atom stereocenters. The van der Waals surface area contributed by atoms with Crippen LogP contribution < -0.4 is 10.2 Å². The normalized spacial score (nSPS) is 21.0. The van der Waals surface area contributed by atoms with Crippen molar-refractivity contribution in [2.24, 2.45) is 0 Å².